The van der Waals surface area contributed by atoms with E-state index in [1.54, 1.807) is 11.8 Å². The highest BCUT2D eigenvalue weighted by atomic mass is 79.9. The Balaban J connectivity index is 1.77. The van der Waals surface area contributed by atoms with Gasteiger partial charge in [-0.2, -0.15) is 0 Å². The molecule has 0 aromatic heterocycles. The van der Waals surface area contributed by atoms with E-state index >= 15 is 0 Å². The molecule has 6 heteroatoms. The first-order chi connectivity index (χ1) is 10.0. The lowest BCUT2D eigenvalue weighted by atomic mass is 9.74. The molecule has 1 saturated carbocycles. The van der Waals surface area contributed by atoms with Crippen molar-refractivity contribution < 1.29 is 14.7 Å². The number of thioether (sulfide) groups is 1. The second-order valence-electron chi connectivity index (χ2n) is 5.28. The van der Waals surface area contributed by atoms with Gasteiger partial charge in [-0.05, 0) is 47.3 Å². The molecule has 0 radical (unpaired) electrons. The summed E-state index contributed by atoms with van der Waals surface area (Å²) in [7, 11) is 0. The average Bonchev–Trinajstić information content (AvgIpc) is 2.38. The molecule has 21 heavy (non-hydrogen) atoms. The Morgan fingerprint density at radius 2 is 2.05 bits per heavy atom. The normalized spacial score (nSPS) is 16.0. The summed E-state index contributed by atoms with van der Waals surface area (Å²) in [6, 6.07) is 7.89. The van der Waals surface area contributed by atoms with Crippen molar-refractivity contribution in [3.05, 3.63) is 28.7 Å². The maximum atomic E-state index is 12.0. The van der Waals surface area contributed by atoms with Crippen molar-refractivity contribution in [2.24, 2.45) is 0 Å². The summed E-state index contributed by atoms with van der Waals surface area (Å²) in [5.74, 6) is -0.231. The van der Waals surface area contributed by atoms with Gasteiger partial charge in [-0.25, -0.2) is 0 Å². The molecule has 1 aliphatic carbocycles. The summed E-state index contributed by atoms with van der Waals surface area (Å²) in [4.78, 5) is 23.9. The minimum atomic E-state index is -0.849. The zero-order chi connectivity index (χ0) is 15.3. The molecule has 114 valence electrons. The number of amides is 1. The van der Waals surface area contributed by atoms with Gasteiger partial charge in [0.15, 0.2) is 0 Å². The van der Waals surface area contributed by atoms with Crippen LogP contribution in [0.15, 0.2) is 33.6 Å². The molecule has 4 nitrogen and oxygen atoms in total. The third kappa shape index (κ3) is 4.74. The smallest absolute Gasteiger partial charge is 0.305 e. The predicted molar refractivity (Wildman–Crippen MR) is 86.5 cm³/mol. The van der Waals surface area contributed by atoms with Gasteiger partial charge in [-0.15, -0.1) is 11.8 Å². The number of hydrogen-bond acceptors (Lipinski definition) is 3. The lowest BCUT2D eigenvalue weighted by Crippen LogP contribution is -2.54. The van der Waals surface area contributed by atoms with Gasteiger partial charge in [0, 0.05) is 21.5 Å². The van der Waals surface area contributed by atoms with Gasteiger partial charge >= 0.3 is 5.97 Å². The Bertz CT molecular complexity index is 531. The first-order valence-corrected chi connectivity index (χ1v) is 8.69. The Kier molecular flexibility index (Phi) is 5.70. The number of carbonyl (C=O) groups excluding carboxylic acids is 1. The van der Waals surface area contributed by atoms with Crippen molar-refractivity contribution in [2.45, 2.75) is 42.5 Å². The Morgan fingerprint density at radius 3 is 2.62 bits per heavy atom. The number of carboxylic acids is 1. The number of carbonyl (C=O) groups is 2. The number of benzene rings is 1. The molecule has 0 aliphatic heterocycles. The molecule has 1 aliphatic rings. The molecule has 0 spiro atoms. The van der Waals surface area contributed by atoms with E-state index in [4.69, 9.17) is 5.11 Å². The molecule has 1 aromatic rings. The summed E-state index contributed by atoms with van der Waals surface area (Å²) in [6.07, 6.45) is 2.94. The third-order valence-corrected chi connectivity index (χ3v) is 5.66. The van der Waals surface area contributed by atoms with E-state index < -0.39 is 11.5 Å². The van der Waals surface area contributed by atoms with Crippen LogP contribution < -0.4 is 5.32 Å². The van der Waals surface area contributed by atoms with Gasteiger partial charge in [0.1, 0.15) is 0 Å². The standard InChI is InChI=1S/C15H18BrNO3S/c16-11-4-1-2-5-12(11)21-9-6-13(18)17-15(7-3-8-15)10-14(19)20/h1-2,4-5H,3,6-10H2,(H,17,18)(H,19,20). The molecular weight excluding hydrogens is 354 g/mol. The van der Waals surface area contributed by atoms with E-state index in [0.29, 0.717) is 12.2 Å². The zero-order valence-electron chi connectivity index (χ0n) is 11.6. The van der Waals surface area contributed by atoms with Gasteiger partial charge in [0.2, 0.25) is 5.91 Å². The maximum Gasteiger partial charge on any atom is 0.305 e. The predicted octanol–water partition coefficient (Wildman–Crippen LogP) is 3.44. The fourth-order valence-electron chi connectivity index (χ4n) is 2.41. The van der Waals surface area contributed by atoms with Gasteiger partial charge < -0.3 is 10.4 Å². The number of nitrogens with one attached hydrogen (secondary N) is 1. The number of carboxylic acid groups (broad SMARTS) is 1. The van der Waals surface area contributed by atoms with E-state index in [1.165, 1.54) is 0 Å². The summed E-state index contributed by atoms with van der Waals surface area (Å²) in [5.41, 5.74) is -0.499. The van der Waals surface area contributed by atoms with Crippen LogP contribution in [0.2, 0.25) is 0 Å². The van der Waals surface area contributed by atoms with Crippen LogP contribution in [0.25, 0.3) is 0 Å². The summed E-state index contributed by atoms with van der Waals surface area (Å²) < 4.78 is 1.02. The lowest BCUT2D eigenvalue weighted by Gasteiger charge is -2.41. The van der Waals surface area contributed by atoms with Crippen LogP contribution in [-0.2, 0) is 9.59 Å². The van der Waals surface area contributed by atoms with Crippen LogP contribution in [0, 0.1) is 0 Å². The highest BCUT2D eigenvalue weighted by Crippen LogP contribution is 2.35. The first kappa shape index (κ1) is 16.4. The van der Waals surface area contributed by atoms with Crippen LogP contribution in [0.5, 0.6) is 0 Å². The van der Waals surface area contributed by atoms with Crippen LogP contribution >= 0.6 is 27.7 Å². The molecule has 2 N–H and O–H groups in total. The summed E-state index contributed by atoms with van der Waals surface area (Å²) in [5, 5.41) is 11.8. The van der Waals surface area contributed by atoms with Gasteiger partial charge in [0.25, 0.3) is 0 Å². The number of halogens is 1. The second kappa shape index (κ2) is 7.31. The van der Waals surface area contributed by atoms with E-state index in [2.05, 4.69) is 21.2 Å². The van der Waals surface area contributed by atoms with Crippen molar-refractivity contribution in [1.82, 2.24) is 5.32 Å². The van der Waals surface area contributed by atoms with Crippen molar-refractivity contribution in [1.29, 1.82) is 0 Å². The summed E-state index contributed by atoms with van der Waals surface area (Å²) in [6.45, 7) is 0. The van der Waals surface area contributed by atoms with Gasteiger partial charge in [-0.1, -0.05) is 12.1 Å². The molecule has 0 unspecified atom stereocenters. The van der Waals surface area contributed by atoms with E-state index in [9.17, 15) is 9.59 Å². The number of aliphatic carboxylic acids is 1. The van der Waals surface area contributed by atoms with Crippen molar-refractivity contribution in [2.75, 3.05) is 5.75 Å². The molecule has 0 bridgehead atoms. The fraction of sp³-hybridized carbons (Fsp3) is 0.467. The topological polar surface area (TPSA) is 66.4 Å². The fourth-order valence-corrected chi connectivity index (χ4v) is 3.93. The Labute approximate surface area is 136 Å². The molecule has 1 amide bonds. The van der Waals surface area contributed by atoms with E-state index in [-0.39, 0.29) is 12.3 Å². The summed E-state index contributed by atoms with van der Waals surface area (Å²) >= 11 is 5.09. The highest BCUT2D eigenvalue weighted by molar-refractivity contribution is 9.10. The van der Waals surface area contributed by atoms with Crippen LogP contribution in [0.1, 0.15) is 32.1 Å². The van der Waals surface area contributed by atoms with E-state index in [0.717, 1.165) is 28.6 Å². The number of rotatable bonds is 7. The minimum absolute atomic E-state index is 0.0239. The van der Waals surface area contributed by atoms with Crippen LogP contribution in [-0.4, -0.2) is 28.3 Å². The van der Waals surface area contributed by atoms with Gasteiger partial charge in [0.05, 0.1) is 12.0 Å². The van der Waals surface area contributed by atoms with Crippen LogP contribution in [0.4, 0.5) is 0 Å². The molecule has 0 heterocycles. The average molecular weight is 372 g/mol. The quantitative estimate of drug-likeness (QED) is 0.720. The van der Waals surface area contributed by atoms with Gasteiger partial charge in [-0.3, -0.25) is 9.59 Å². The first-order valence-electron chi connectivity index (χ1n) is 6.91. The highest BCUT2D eigenvalue weighted by Gasteiger charge is 2.40. The van der Waals surface area contributed by atoms with Crippen molar-refractivity contribution >= 4 is 39.6 Å². The molecule has 1 fully saturated rings. The number of hydrogen-bond donors (Lipinski definition) is 2. The molecule has 0 atom stereocenters. The SMILES string of the molecule is O=C(O)CC1(NC(=O)CCSc2ccccc2Br)CCC1. The monoisotopic (exact) mass is 371 g/mol. The van der Waals surface area contributed by atoms with Crippen LogP contribution in [0.3, 0.4) is 0 Å². The third-order valence-electron chi connectivity index (χ3n) is 3.63. The minimum Gasteiger partial charge on any atom is -0.481 e. The molecule has 2 rings (SSSR count). The molecular formula is C15H18BrNO3S. The molecule has 1 aromatic carbocycles. The zero-order valence-corrected chi connectivity index (χ0v) is 14.0. The second-order valence-corrected chi connectivity index (χ2v) is 7.27. The van der Waals surface area contributed by atoms with Crippen molar-refractivity contribution in [3.8, 4) is 0 Å². The van der Waals surface area contributed by atoms with E-state index in [1.807, 2.05) is 24.3 Å². The van der Waals surface area contributed by atoms with Crippen molar-refractivity contribution in [3.63, 3.8) is 0 Å². The Hall–Kier alpha value is -1.01. The Morgan fingerprint density at radius 1 is 1.33 bits per heavy atom. The lowest BCUT2D eigenvalue weighted by molar-refractivity contribution is -0.140. The maximum absolute atomic E-state index is 12.0. The molecule has 0 saturated heterocycles. The largest absolute Gasteiger partial charge is 0.481 e.